The molecule has 0 radical (unpaired) electrons. The summed E-state index contributed by atoms with van der Waals surface area (Å²) >= 11 is 0. The lowest BCUT2D eigenvalue weighted by atomic mass is 10.1. The molecule has 1 heterocycles. The lowest BCUT2D eigenvalue weighted by Crippen LogP contribution is -2.40. The van der Waals surface area contributed by atoms with Gasteiger partial charge in [0, 0.05) is 19.7 Å². The van der Waals surface area contributed by atoms with E-state index < -0.39 is 6.41 Å². The van der Waals surface area contributed by atoms with E-state index in [-0.39, 0.29) is 6.61 Å². The highest BCUT2D eigenvalue weighted by Crippen LogP contribution is 2.16. The first-order chi connectivity index (χ1) is 9.29. The number of benzene rings is 1. The Kier molecular flexibility index (Phi) is 5.54. The summed E-state index contributed by atoms with van der Waals surface area (Å²) in [4.78, 5) is 1.88. The van der Waals surface area contributed by atoms with Gasteiger partial charge in [-0.2, -0.15) is 0 Å². The van der Waals surface area contributed by atoms with Crippen molar-refractivity contribution >= 4 is 0 Å². The number of ether oxygens (including phenoxy) is 1. The summed E-state index contributed by atoms with van der Waals surface area (Å²) in [5, 5.41) is 18.9. The molecule has 104 valence electrons. The van der Waals surface area contributed by atoms with Crippen LogP contribution in [-0.4, -0.2) is 41.2 Å². The molecular formula is C15H21NO3. The Morgan fingerprint density at radius 3 is 2.68 bits per heavy atom. The normalized spacial score (nSPS) is 18.1. The maximum atomic E-state index is 9.98. The van der Waals surface area contributed by atoms with Gasteiger partial charge in [0.2, 0.25) is 6.41 Å². The molecule has 1 aromatic rings. The Bertz CT molecular complexity index is 405. The van der Waals surface area contributed by atoms with Gasteiger partial charge in [0.15, 0.2) is 0 Å². The fourth-order valence-corrected chi connectivity index (χ4v) is 2.15. The highest BCUT2D eigenvalue weighted by atomic mass is 16.6. The molecule has 1 aliphatic heterocycles. The van der Waals surface area contributed by atoms with Gasteiger partial charge in [0.05, 0.1) is 6.61 Å². The van der Waals surface area contributed by atoms with E-state index in [0.29, 0.717) is 13.2 Å². The number of hydrogen-bond donors (Lipinski definition) is 2. The van der Waals surface area contributed by atoms with Crippen LogP contribution in [-0.2, 0) is 11.3 Å². The van der Waals surface area contributed by atoms with Gasteiger partial charge >= 0.3 is 0 Å². The molecule has 2 rings (SSSR count). The summed E-state index contributed by atoms with van der Waals surface area (Å²) in [6.45, 7) is 2.04. The Labute approximate surface area is 113 Å². The van der Waals surface area contributed by atoms with E-state index in [9.17, 15) is 5.11 Å². The zero-order valence-electron chi connectivity index (χ0n) is 11.0. The first-order valence-corrected chi connectivity index (χ1v) is 6.66. The molecule has 4 nitrogen and oxygen atoms in total. The third-order valence-electron chi connectivity index (χ3n) is 3.32. The van der Waals surface area contributed by atoms with Crippen LogP contribution < -0.4 is 0 Å². The van der Waals surface area contributed by atoms with Gasteiger partial charge in [-0.05, 0) is 18.4 Å². The second-order valence-electron chi connectivity index (χ2n) is 4.70. The van der Waals surface area contributed by atoms with E-state index in [2.05, 4.69) is 6.08 Å². The van der Waals surface area contributed by atoms with Crippen molar-refractivity contribution < 1.29 is 14.9 Å². The summed E-state index contributed by atoms with van der Waals surface area (Å²) < 4.78 is 5.47. The second kappa shape index (κ2) is 7.40. The van der Waals surface area contributed by atoms with Crippen LogP contribution in [0.1, 0.15) is 18.4 Å². The second-order valence-corrected chi connectivity index (χ2v) is 4.70. The van der Waals surface area contributed by atoms with Crippen molar-refractivity contribution in [3.05, 3.63) is 47.5 Å². The van der Waals surface area contributed by atoms with E-state index in [1.807, 2.05) is 35.2 Å². The molecule has 4 heteroatoms. The standard InChI is InChI=1S/C15H21NO3/c17-11-8-13-6-9-16(10-7-13)15(18)19-12-14-4-2-1-3-5-14/h1-6,15,17-18H,7-12H2. The highest BCUT2D eigenvalue weighted by Gasteiger charge is 2.18. The lowest BCUT2D eigenvalue weighted by molar-refractivity contribution is -0.197. The van der Waals surface area contributed by atoms with Gasteiger partial charge in [0.25, 0.3) is 0 Å². The van der Waals surface area contributed by atoms with Crippen LogP contribution >= 0.6 is 0 Å². The van der Waals surface area contributed by atoms with Crippen LogP contribution in [0.15, 0.2) is 42.0 Å². The smallest absolute Gasteiger partial charge is 0.216 e. The molecule has 0 saturated carbocycles. The molecule has 1 atom stereocenters. The molecule has 19 heavy (non-hydrogen) atoms. The molecule has 0 spiro atoms. The first-order valence-electron chi connectivity index (χ1n) is 6.66. The maximum absolute atomic E-state index is 9.98. The molecule has 0 aliphatic carbocycles. The summed E-state index contributed by atoms with van der Waals surface area (Å²) in [6.07, 6.45) is 2.81. The van der Waals surface area contributed by atoms with Crippen LogP contribution in [0.2, 0.25) is 0 Å². The number of aliphatic hydroxyl groups excluding tert-OH is 2. The predicted molar refractivity (Wildman–Crippen MR) is 73.2 cm³/mol. The topological polar surface area (TPSA) is 52.9 Å². The monoisotopic (exact) mass is 263 g/mol. The van der Waals surface area contributed by atoms with Crippen molar-refractivity contribution in [2.45, 2.75) is 25.9 Å². The molecule has 0 bridgehead atoms. The van der Waals surface area contributed by atoms with Crippen molar-refractivity contribution in [3.63, 3.8) is 0 Å². The lowest BCUT2D eigenvalue weighted by Gasteiger charge is -2.30. The average Bonchev–Trinajstić information content (AvgIpc) is 2.47. The van der Waals surface area contributed by atoms with Crippen molar-refractivity contribution in [1.29, 1.82) is 0 Å². The van der Waals surface area contributed by atoms with Gasteiger partial charge in [-0.3, -0.25) is 4.90 Å². The minimum atomic E-state index is -0.868. The number of hydrogen-bond acceptors (Lipinski definition) is 4. The minimum absolute atomic E-state index is 0.193. The predicted octanol–water partition coefficient (Wildman–Crippen LogP) is 1.49. The van der Waals surface area contributed by atoms with Crippen LogP contribution in [0.25, 0.3) is 0 Å². The number of aliphatic hydroxyl groups is 2. The van der Waals surface area contributed by atoms with Gasteiger partial charge in [-0.15, -0.1) is 0 Å². The van der Waals surface area contributed by atoms with E-state index >= 15 is 0 Å². The van der Waals surface area contributed by atoms with Crippen molar-refractivity contribution in [2.24, 2.45) is 0 Å². The van der Waals surface area contributed by atoms with Crippen LogP contribution in [0, 0.1) is 0 Å². The van der Waals surface area contributed by atoms with E-state index in [0.717, 1.165) is 24.9 Å². The SMILES string of the molecule is OCCC1=CCN(C(O)OCc2ccccc2)CC1. The molecular weight excluding hydrogens is 242 g/mol. The molecule has 0 amide bonds. The number of rotatable bonds is 6. The highest BCUT2D eigenvalue weighted by molar-refractivity contribution is 5.13. The van der Waals surface area contributed by atoms with E-state index in [4.69, 9.17) is 9.84 Å². The van der Waals surface area contributed by atoms with Crippen LogP contribution in [0.5, 0.6) is 0 Å². The zero-order chi connectivity index (χ0) is 13.5. The van der Waals surface area contributed by atoms with Gasteiger partial charge in [-0.1, -0.05) is 42.0 Å². The summed E-state index contributed by atoms with van der Waals surface area (Å²) in [7, 11) is 0. The van der Waals surface area contributed by atoms with Crippen LogP contribution in [0.4, 0.5) is 0 Å². The largest absolute Gasteiger partial charge is 0.396 e. The zero-order valence-corrected chi connectivity index (χ0v) is 11.0. The maximum Gasteiger partial charge on any atom is 0.216 e. The quantitative estimate of drug-likeness (QED) is 0.603. The molecule has 0 aromatic heterocycles. The van der Waals surface area contributed by atoms with E-state index in [1.165, 1.54) is 5.57 Å². The summed E-state index contributed by atoms with van der Waals surface area (Å²) in [5.41, 5.74) is 2.31. The third-order valence-corrected chi connectivity index (χ3v) is 3.32. The van der Waals surface area contributed by atoms with Gasteiger partial charge < -0.3 is 14.9 Å². The fraction of sp³-hybridized carbons (Fsp3) is 0.467. The van der Waals surface area contributed by atoms with Gasteiger partial charge in [0.1, 0.15) is 0 Å². The van der Waals surface area contributed by atoms with Crippen molar-refractivity contribution in [2.75, 3.05) is 19.7 Å². The molecule has 0 fully saturated rings. The Hall–Kier alpha value is -1.20. The van der Waals surface area contributed by atoms with E-state index in [1.54, 1.807) is 0 Å². The van der Waals surface area contributed by atoms with Crippen molar-refractivity contribution in [1.82, 2.24) is 4.90 Å². The first kappa shape index (κ1) is 14.2. The summed E-state index contributed by atoms with van der Waals surface area (Å²) in [6, 6.07) is 9.81. The average molecular weight is 263 g/mol. The third kappa shape index (κ3) is 4.44. The Morgan fingerprint density at radius 1 is 1.26 bits per heavy atom. The fourth-order valence-electron chi connectivity index (χ4n) is 2.15. The Morgan fingerprint density at radius 2 is 2.05 bits per heavy atom. The van der Waals surface area contributed by atoms with Crippen molar-refractivity contribution in [3.8, 4) is 0 Å². The molecule has 1 unspecified atom stereocenters. The number of nitrogens with zero attached hydrogens (tertiary/aromatic N) is 1. The summed E-state index contributed by atoms with van der Waals surface area (Å²) in [5.74, 6) is 0. The van der Waals surface area contributed by atoms with Gasteiger partial charge in [-0.25, -0.2) is 0 Å². The molecule has 0 saturated heterocycles. The molecule has 2 N–H and O–H groups in total. The van der Waals surface area contributed by atoms with Crippen LogP contribution in [0.3, 0.4) is 0 Å². The molecule has 1 aliphatic rings. The minimum Gasteiger partial charge on any atom is -0.396 e. The molecule has 1 aromatic carbocycles. The Balaban J connectivity index is 1.77.